The van der Waals surface area contributed by atoms with Gasteiger partial charge in [0.05, 0.1) is 31.5 Å². The quantitative estimate of drug-likeness (QED) is 0.0965. The van der Waals surface area contributed by atoms with Crippen molar-refractivity contribution in [2.75, 3.05) is 81.7 Å². The molecular formula is C75H128N10O14. The molecule has 0 bridgehead atoms. The number of benzene rings is 1. The first kappa shape index (κ1) is 86.8. The molecule has 2 saturated heterocycles. The molecule has 2 heterocycles. The molecular weight excluding hydrogens is 1260 g/mol. The van der Waals surface area contributed by atoms with Gasteiger partial charge >= 0.3 is 0 Å². The molecule has 24 nitrogen and oxygen atoms in total. The zero-order valence-corrected chi connectivity index (χ0v) is 64.3. The van der Waals surface area contributed by atoms with Crippen LogP contribution in [0.5, 0.6) is 0 Å². The Morgan fingerprint density at radius 1 is 0.535 bits per heavy atom. The molecule has 0 aromatic heterocycles. The lowest BCUT2D eigenvalue weighted by Gasteiger charge is -2.40. The normalized spacial score (nSPS) is 26.9. The molecule has 1 aromatic carbocycles. The van der Waals surface area contributed by atoms with Crippen LogP contribution in [0.4, 0.5) is 0 Å². The number of rotatable bonds is 22. The number of ketones is 2. The molecule has 2 fully saturated rings. The monoisotopic (exact) mass is 1390 g/mol. The van der Waals surface area contributed by atoms with E-state index in [1.165, 1.54) is 85.5 Å². The van der Waals surface area contributed by atoms with Crippen molar-refractivity contribution in [1.82, 2.24) is 50.2 Å². The van der Waals surface area contributed by atoms with E-state index in [9.17, 15) is 24.3 Å². The van der Waals surface area contributed by atoms with Crippen LogP contribution in [0, 0.1) is 47.3 Å². The summed E-state index contributed by atoms with van der Waals surface area (Å²) in [7, 11) is 8.74. The highest BCUT2D eigenvalue weighted by molar-refractivity contribution is 6.00. The molecule has 99 heavy (non-hydrogen) atoms. The molecule has 14 atom stereocenters. The lowest BCUT2D eigenvalue weighted by atomic mass is 9.85. The second-order valence-electron chi connectivity index (χ2n) is 30.3. The number of carbonyl (C=O) groups is 11. The van der Waals surface area contributed by atoms with Crippen molar-refractivity contribution in [2.45, 2.75) is 248 Å². The average Bonchev–Trinajstić information content (AvgIpc) is 0.825. The van der Waals surface area contributed by atoms with E-state index in [2.05, 4.69) is 20.9 Å². The molecule has 0 unspecified atom stereocenters. The topological polar surface area (TPSA) is 285 Å². The van der Waals surface area contributed by atoms with Gasteiger partial charge in [-0.3, -0.25) is 57.6 Å². The Hall–Kier alpha value is -6.37. The molecule has 0 saturated carbocycles. The summed E-state index contributed by atoms with van der Waals surface area (Å²) in [6.45, 7) is 32.0. The SMILES string of the molecule is CC[C@@H]1NC(=O)[C@H]([C@H](O)[C@H](C)CCCc2ccccc2)NC(=O)[C@H](C(C)C)N(C)C(=O)[C@H](CC(C)C)N(C)C(=O)[C@H](CC(C)C)N(C)C(=O)[C@@H](C)NC(=O)[C@H](C)CC(=O)[C@H](CC(C)C)N(C)C(=O)[C@H](C(C)C)CC(=O)[C@H]([C@@H](C)OCCCCN2CCOCC2)N(C)C(=O)[C@@H](C)N(C)C1=O. The van der Waals surface area contributed by atoms with Crippen LogP contribution in [0.1, 0.15) is 181 Å². The number of amides is 9. The van der Waals surface area contributed by atoms with E-state index in [-0.39, 0.29) is 62.9 Å². The van der Waals surface area contributed by atoms with Gasteiger partial charge < -0.3 is 59.9 Å². The van der Waals surface area contributed by atoms with Gasteiger partial charge in [-0.1, -0.05) is 120 Å². The number of nitrogens with one attached hydrogen (secondary N) is 3. The van der Waals surface area contributed by atoms with Gasteiger partial charge in [-0.2, -0.15) is 0 Å². The number of carbonyl (C=O) groups excluding carboxylic acids is 11. The van der Waals surface area contributed by atoms with E-state index in [0.29, 0.717) is 38.9 Å². The van der Waals surface area contributed by atoms with Gasteiger partial charge in [-0.25, -0.2) is 0 Å². The van der Waals surface area contributed by atoms with Crippen LogP contribution in [0.25, 0.3) is 0 Å². The van der Waals surface area contributed by atoms with Crippen molar-refractivity contribution >= 4 is 64.7 Å². The van der Waals surface area contributed by atoms with Crippen molar-refractivity contribution < 1.29 is 67.3 Å². The zero-order valence-electron chi connectivity index (χ0n) is 64.3. The van der Waals surface area contributed by atoms with Crippen molar-refractivity contribution in [2.24, 2.45) is 47.3 Å². The number of aryl methyl sites for hydroxylation is 1. The third kappa shape index (κ3) is 25.6. The number of hydrogen-bond acceptors (Lipinski definition) is 15. The van der Waals surface area contributed by atoms with Crippen LogP contribution in [-0.4, -0.2) is 252 Å². The Morgan fingerprint density at radius 3 is 1.60 bits per heavy atom. The number of hydrogen-bond donors (Lipinski definition) is 4. The highest BCUT2D eigenvalue weighted by Gasteiger charge is 2.45. The predicted molar refractivity (Wildman–Crippen MR) is 383 cm³/mol. The van der Waals surface area contributed by atoms with Gasteiger partial charge in [0, 0.05) is 86.7 Å². The van der Waals surface area contributed by atoms with Gasteiger partial charge in [0.2, 0.25) is 53.2 Å². The third-order valence-corrected chi connectivity index (χ3v) is 20.0. The summed E-state index contributed by atoms with van der Waals surface area (Å²) in [5.74, 6) is -11.0. The number of ether oxygens (including phenoxy) is 2. The fourth-order valence-corrected chi connectivity index (χ4v) is 13.5. The van der Waals surface area contributed by atoms with E-state index in [4.69, 9.17) is 9.47 Å². The fourth-order valence-electron chi connectivity index (χ4n) is 13.5. The molecule has 562 valence electrons. The number of Topliss-reactive ketones (excluding diaryl/α,β-unsaturated/α-hetero) is 2. The zero-order chi connectivity index (χ0) is 75.0. The third-order valence-electron chi connectivity index (χ3n) is 20.0. The maximum Gasteiger partial charge on any atom is 0.245 e. The first-order chi connectivity index (χ1) is 46.3. The van der Waals surface area contributed by atoms with Crippen LogP contribution in [-0.2, 0) is 68.6 Å². The molecule has 0 spiro atoms. The lowest BCUT2D eigenvalue weighted by Crippen LogP contribution is -2.63. The van der Waals surface area contributed by atoms with Crippen LogP contribution >= 0.6 is 0 Å². The summed E-state index contributed by atoms with van der Waals surface area (Å²) in [5.41, 5.74) is 1.07. The van der Waals surface area contributed by atoms with Crippen LogP contribution < -0.4 is 16.0 Å². The first-order valence-electron chi connectivity index (χ1n) is 36.5. The minimum atomic E-state index is -1.68. The number of unbranched alkanes of at least 4 members (excludes halogenated alkanes) is 1. The average molecular weight is 1390 g/mol. The number of aliphatic hydroxyl groups is 1. The van der Waals surface area contributed by atoms with Crippen LogP contribution in [0.15, 0.2) is 30.3 Å². The van der Waals surface area contributed by atoms with Crippen molar-refractivity contribution in [3.8, 4) is 0 Å². The van der Waals surface area contributed by atoms with Gasteiger partial charge in [0.25, 0.3) is 0 Å². The molecule has 4 N–H and O–H groups in total. The molecule has 2 aliphatic heterocycles. The Kier molecular flexibility index (Phi) is 36.4. The predicted octanol–water partition coefficient (Wildman–Crippen LogP) is 6.02. The number of nitrogens with zero attached hydrogens (tertiary/aromatic N) is 7. The molecule has 0 radical (unpaired) electrons. The van der Waals surface area contributed by atoms with E-state index >= 15 is 33.6 Å². The second kappa shape index (κ2) is 41.5. The summed E-state index contributed by atoms with van der Waals surface area (Å²) in [6, 6.07) is -1.57. The van der Waals surface area contributed by atoms with E-state index in [1.54, 1.807) is 55.4 Å². The van der Waals surface area contributed by atoms with Crippen LogP contribution in [0.2, 0.25) is 0 Å². The Morgan fingerprint density at radius 2 is 1.06 bits per heavy atom. The van der Waals surface area contributed by atoms with Crippen LogP contribution in [0.3, 0.4) is 0 Å². The lowest BCUT2D eigenvalue weighted by molar-refractivity contribution is -0.154. The summed E-state index contributed by atoms with van der Waals surface area (Å²) < 4.78 is 11.9. The Labute approximate surface area is 592 Å². The van der Waals surface area contributed by atoms with Gasteiger partial charge in [-0.05, 0) is 126 Å². The minimum Gasteiger partial charge on any atom is -0.390 e. The highest BCUT2D eigenvalue weighted by Crippen LogP contribution is 2.28. The molecule has 2 aliphatic rings. The summed E-state index contributed by atoms with van der Waals surface area (Å²) in [5, 5.41) is 20.7. The summed E-state index contributed by atoms with van der Waals surface area (Å²) in [6.07, 6.45) is 0.536. The van der Waals surface area contributed by atoms with Crippen molar-refractivity contribution in [3.05, 3.63) is 35.9 Å². The summed E-state index contributed by atoms with van der Waals surface area (Å²) in [4.78, 5) is 174. The number of likely N-dealkylation sites (N-methyl/N-ethyl adjacent to an activating group) is 6. The highest BCUT2D eigenvalue weighted by atomic mass is 16.5. The van der Waals surface area contributed by atoms with Gasteiger partial charge in [0.15, 0.2) is 11.6 Å². The van der Waals surface area contributed by atoms with Gasteiger partial charge in [0.1, 0.15) is 48.3 Å². The maximum atomic E-state index is 15.2. The molecule has 0 aliphatic carbocycles. The van der Waals surface area contributed by atoms with Crippen molar-refractivity contribution in [3.63, 3.8) is 0 Å². The maximum absolute atomic E-state index is 15.2. The first-order valence-corrected chi connectivity index (χ1v) is 36.5. The van der Waals surface area contributed by atoms with Crippen molar-refractivity contribution in [1.29, 1.82) is 0 Å². The number of morpholine rings is 1. The minimum absolute atomic E-state index is 0.000354. The molecule has 1 aromatic rings. The fraction of sp³-hybridized carbons (Fsp3) is 0.773. The standard InChI is InChI=1S/C75H128N10O14/c1-23-57-73(95)79(17)53(15)71(93)84(22)65(54(16)99-37-28-27-34-85-35-38-98-39-36-85)62(87)44-56(48(8)9)72(94)80(18)58(40-45(2)3)61(86)43-51(13)67(89)76-52(14)70(92)81(19)59(41-46(4)5)74(96)82(20)60(42-47(6)7)75(97)83(21)64(49(10)11)69(91)78-63(68(90)77-57)66(88)50(12)30-29-33-55-31-25-24-26-32-55/h24-26,31-32,45-54,56-60,63-66,88H,23,27-30,33-44H2,1-22H3,(H,76,89)(H,77,90)(H,78,91)/t50-,51-,52-,53-,54-,56+,57+,58+,59+,60+,63+,64+,65+,66-/m1/s1. The Balaban J connectivity index is 2.30. The molecule has 9 amide bonds. The second-order valence-corrected chi connectivity index (χ2v) is 30.3. The molecule has 3 rings (SSSR count). The van der Waals surface area contributed by atoms with Gasteiger partial charge in [-0.15, -0.1) is 0 Å². The van der Waals surface area contributed by atoms with E-state index in [0.717, 1.165) is 31.6 Å². The smallest absolute Gasteiger partial charge is 0.245 e. The Bertz CT molecular complexity index is 2800. The van der Waals surface area contributed by atoms with E-state index in [1.807, 2.05) is 71.9 Å². The number of aliphatic hydroxyl groups excluding tert-OH is 1. The largest absolute Gasteiger partial charge is 0.390 e. The molecule has 24 heteroatoms. The van der Waals surface area contributed by atoms with E-state index < -0.39 is 161 Å². The summed E-state index contributed by atoms with van der Waals surface area (Å²) >= 11 is 0.